The van der Waals surface area contributed by atoms with E-state index in [9.17, 15) is 0 Å². The first kappa shape index (κ1) is 11.0. The van der Waals surface area contributed by atoms with Gasteiger partial charge in [0.25, 0.3) is 0 Å². The lowest BCUT2D eigenvalue weighted by atomic mass is 10.2. The molecular weight excluding hydrogens is 254 g/mol. The first-order valence-electron chi connectivity index (χ1n) is 5.31. The summed E-state index contributed by atoms with van der Waals surface area (Å²) in [7, 11) is 0. The maximum atomic E-state index is 5.71. The van der Waals surface area contributed by atoms with Gasteiger partial charge in [0, 0.05) is 23.2 Å². The molecule has 1 saturated heterocycles. The van der Waals surface area contributed by atoms with E-state index in [0.717, 1.165) is 17.6 Å². The van der Waals surface area contributed by atoms with Crippen LogP contribution in [0.3, 0.4) is 0 Å². The number of hydrogen-bond acceptors (Lipinski definition) is 2. The SMILES string of the molecule is C[C@@H]1CN(c2ccc(Br)cc2)C[C@@H](C)O1. The molecule has 15 heavy (non-hydrogen) atoms. The van der Waals surface area contributed by atoms with Crippen LogP contribution in [0, 0.1) is 0 Å². The number of rotatable bonds is 1. The maximum Gasteiger partial charge on any atom is 0.0726 e. The Morgan fingerprint density at radius 2 is 1.67 bits per heavy atom. The van der Waals surface area contributed by atoms with Gasteiger partial charge in [0.1, 0.15) is 0 Å². The molecule has 1 fully saturated rings. The Morgan fingerprint density at radius 3 is 2.20 bits per heavy atom. The highest BCUT2D eigenvalue weighted by Gasteiger charge is 2.21. The van der Waals surface area contributed by atoms with Crippen molar-refractivity contribution in [1.82, 2.24) is 0 Å². The largest absolute Gasteiger partial charge is 0.372 e. The predicted octanol–water partition coefficient (Wildman–Crippen LogP) is 3.06. The molecule has 0 unspecified atom stereocenters. The average molecular weight is 270 g/mol. The van der Waals surface area contributed by atoms with E-state index in [4.69, 9.17) is 4.74 Å². The fourth-order valence-corrected chi connectivity index (χ4v) is 2.30. The summed E-state index contributed by atoms with van der Waals surface area (Å²) < 4.78 is 6.84. The molecule has 0 N–H and O–H groups in total. The number of ether oxygens (including phenoxy) is 1. The van der Waals surface area contributed by atoms with Crippen LogP contribution < -0.4 is 4.90 Å². The van der Waals surface area contributed by atoms with E-state index >= 15 is 0 Å². The molecule has 2 rings (SSSR count). The Labute approximate surface area is 99.4 Å². The van der Waals surface area contributed by atoms with Crippen LogP contribution in [0.25, 0.3) is 0 Å². The lowest BCUT2D eigenvalue weighted by Gasteiger charge is -2.36. The van der Waals surface area contributed by atoms with Crippen LogP contribution in [-0.2, 0) is 4.74 Å². The molecule has 82 valence electrons. The predicted molar refractivity (Wildman–Crippen MR) is 66.4 cm³/mol. The minimum absolute atomic E-state index is 0.317. The van der Waals surface area contributed by atoms with Crippen LogP contribution in [0.4, 0.5) is 5.69 Å². The normalized spacial score (nSPS) is 26.7. The van der Waals surface area contributed by atoms with Crippen molar-refractivity contribution in [3.05, 3.63) is 28.7 Å². The van der Waals surface area contributed by atoms with E-state index in [1.54, 1.807) is 0 Å². The minimum atomic E-state index is 0.317. The molecule has 2 atom stereocenters. The second-order valence-electron chi connectivity index (χ2n) is 4.14. The lowest BCUT2D eigenvalue weighted by Crippen LogP contribution is -2.45. The molecular formula is C12H16BrNO. The Morgan fingerprint density at radius 1 is 1.13 bits per heavy atom. The number of morpholine rings is 1. The standard InChI is InChI=1S/C12H16BrNO/c1-9-7-14(8-10(2)15-9)12-5-3-11(13)4-6-12/h3-6,9-10H,7-8H2,1-2H3/t9-,10-/m1/s1. The van der Waals surface area contributed by atoms with Gasteiger partial charge in [-0.2, -0.15) is 0 Å². The molecule has 1 aromatic carbocycles. The van der Waals surface area contributed by atoms with Crippen molar-refractivity contribution in [3.8, 4) is 0 Å². The third-order valence-electron chi connectivity index (χ3n) is 2.61. The van der Waals surface area contributed by atoms with Gasteiger partial charge >= 0.3 is 0 Å². The summed E-state index contributed by atoms with van der Waals surface area (Å²) in [6.07, 6.45) is 0.634. The molecule has 0 bridgehead atoms. The summed E-state index contributed by atoms with van der Waals surface area (Å²) in [4.78, 5) is 2.38. The van der Waals surface area contributed by atoms with Crippen LogP contribution in [0.5, 0.6) is 0 Å². The zero-order chi connectivity index (χ0) is 10.8. The molecule has 0 spiro atoms. The number of benzene rings is 1. The fraction of sp³-hybridized carbons (Fsp3) is 0.500. The third kappa shape index (κ3) is 2.73. The summed E-state index contributed by atoms with van der Waals surface area (Å²) in [5.41, 5.74) is 1.28. The van der Waals surface area contributed by atoms with Crippen LogP contribution in [-0.4, -0.2) is 25.3 Å². The highest BCUT2D eigenvalue weighted by molar-refractivity contribution is 9.10. The fourth-order valence-electron chi connectivity index (χ4n) is 2.04. The van der Waals surface area contributed by atoms with Gasteiger partial charge in [0.2, 0.25) is 0 Å². The number of halogens is 1. The van der Waals surface area contributed by atoms with Gasteiger partial charge < -0.3 is 9.64 Å². The van der Waals surface area contributed by atoms with Gasteiger partial charge in [-0.05, 0) is 38.1 Å². The maximum absolute atomic E-state index is 5.71. The van der Waals surface area contributed by atoms with Gasteiger partial charge in [0.15, 0.2) is 0 Å². The number of nitrogens with zero attached hydrogens (tertiary/aromatic N) is 1. The second kappa shape index (κ2) is 4.54. The summed E-state index contributed by atoms with van der Waals surface area (Å²) in [6, 6.07) is 8.46. The van der Waals surface area contributed by atoms with Crippen molar-refractivity contribution in [2.45, 2.75) is 26.1 Å². The molecule has 0 saturated carbocycles. The molecule has 0 radical (unpaired) electrons. The Kier molecular flexibility index (Phi) is 3.32. The van der Waals surface area contributed by atoms with Crippen molar-refractivity contribution < 1.29 is 4.74 Å². The van der Waals surface area contributed by atoms with Crippen molar-refractivity contribution in [3.63, 3.8) is 0 Å². The van der Waals surface area contributed by atoms with E-state index in [2.05, 4.69) is 58.9 Å². The Bertz CT molecular complexity index is 315. The molecule has 1 heterocycles. The number of anilines is 1. The highest BCUT2D eigenvalue weighted by Crippen LogP contribution is 2.22. The molecule has 1 aromatic rings. The zero-order valence-electron chi connectivity index (χ0n) is 9.11. The van der Waals surface area contributed by atoms with Gasteiger partial charge in [-0.3, -0.25) is 0 Å². The van der Waals surface area contributed by atoms with E-state index in [-0.39, 0.29) is 0 Å². The van der Waals surface area contributed by atoms with E-state index < -0.39 is 0 Å². The Hall–Kier alpha value is -0.540. The van der Waals surface area contributed by atoms with Crippen LogP contribution in [0.2, 0.25) is 0 Å². The van der Waals surface area contributed by atoms with Gasteiger partial charge in [0.05, 0.1) is 12.2 Å². The van der Waals surface area contributed by atoms with Gasteiger partial charge in [-0.15, -0.1) is 0 Å². The quantitative estimate of drug-likeness (QED) is 0.777. The Balaban J connectivity index is 2.12. The monoisotopic (exact) mass is 269 g/mol. The molecule has 1 aliphatic rings. The molecule has 1 aliphatic heterocycles. The van der Waals surface area contributed by atoms with Gasteiger partial charge in [-0.1, -0.05) is 15.9 Å². The van der Waals surface area contributed by atoms with Crippen molar-refractivity contribution in [2.24, 2.45) is 0 Å². The van der Waals surface area contributed by atoms with Crippen LogP contribution in [0.15, 0.2) is 28.7 Å². The first-order chi connectivity index (χ1) is 7.15. The van der Waals surface area contributed by atoms with Crippen LogP contribution >= 0.6 is 15.9 Å². The number of hydrogen-bond donors (Lipinski definition) is 0. The van der Waals surface area contributed by atoms with E-state index in [1.165, 1.54) is 5.69 Å². The molecule has 0 aliphatic carbocycles. The molecule has 3 heteroatoms. The second-order valence-corrected chi connectivity index (χ2v) is 5.05. The van der Waals surface area contributed by atoms with E-state index in [0.29, 0.717) is 12.2 Å². The smallest absolute Gasteiger partial charge is 0.0726 e. The summed E-state index contributed by atoms with van der Waals surface area (Å²) in [5, 5.41) is 0. The topological polar surface area (TPSA) is 12.5 Å². The van der Waals surface area contributed by atoms with Crippen molar-refractivity contribution in [1.29, 1.82) is 0 Å². The summed E-state index contributed by atoms with van der Waals surface area (Å²) in [5.74, 6) is 0. The van der Waals surface area contributed by atoms with Crippen molar-refractivity contribution in [2.75, 3.05) is 18.0 Å². The zero-order valence-corrected chi connectivity index (χ0v) is 10.7. The minimum Gasteiger partial charge on any atom is -0.372 e. The van der Waals surface area contributed by atoms with Crippen molar-refractivity contribution >= 4 is 21.6 Å². The summed E-state index contributed by atoms with van der Waals surface area (Å²) >= 11 is 3.45. The molecule has 0 amide bonds. The van der Waals surface area contributed by atoms with Gasteiger partial charge in [-0.25, -0.2) is 0 Å². The lowest BCUT2D eigenvalue weighted by molar-refractivity contribution is -0.00521. The average Bonchev–Trinajstić information content (AvgIpc) is 2.17. The highest BCUT2D eigenvalue weighted by atomic mass is 79.9. The van der Waals surface area contributed by atoms with Crippen LogP contribution in [0.1, 0.15) is 13.8 Å². The molecule has 2 nitrogen and oxygen atoms in total. The first-order valence-corrected chi connectivity index (χ1v) is 6.10. The van der Waals surface area contributed by atoms with E-state index in [1.807, 2.05) is 0 Å². The summed E-state index contributed by atoms with van der Waals surface area (Å²) in [6.45, 7) is 6.21. The molecule has 0 aromatic heterocycles. The third-order valence-corrected chi connectivity index (χ3v) is 3.14.